The lowest BCUT2D eigenvalue weighted by Crippen LogP contribution is -2.24. The van der Waals surface area contributed by atoms with E-state index in [2.05, 4.69) is 20.8 Å². The molecular weight excluding hydrogens is 180 g/mol. The molecular formula is C9H14N4O. The van der Waals surface area contributed by atoms with Gasteiger partial charge in [0.25, 0.3) is 5.91 Å². The molecule has 76 valence electrons. The molecule has 0 aliphatic carbocycles. The molecule has 5 heteroatoms. The summed E-state index contributed by atoms with van der Waals surface area (Å²) < 4.78 is 0. The summed E-state index contributed by atoms with van der Waals surface area (Å²) >= 11 is 0. The molecule has 2 N–H and O–H groups in total. The third-order valence-electron chi connectivity index (χ3n) is 1.59. The highest BCUT2D eigenvalue weighted by Gasteiger charge is 2.05. The van der Waals surface area contributed by atoms with Crippen LogP contribution in [-0.4, -0.2) is 29.2 Å². The van der Waals surface area contributed by atoms with Crippen LogP contribution in [0.4, 0.5) is 5.82 Å². The zero-order valence-corrected chi connectivity index (χ0v) is 8.37. The summed E-state index contributed by atoms with van der Waals surface area (Å²) in [5.74, 6) is 0.489. The van der Waals surface area contributed by atoms with Gasteiger partial charge in [0.05, 0.1) is 0 Å². The summed E-state index contributed by atoms with van der Waals surface area (Å²) in [6.07, 6.45) is 0. The third-order valence-corrected chi connectivity index (χ3v) is 1.59. The molecule has 5 nitrogen and oxygen atoms in total. The van der Waals surface area contributed by atoms with Gasteiger partial charge in [-0.05, 0) is 26.0 Å². The van der Waals surface area contributed by atoms with Gasteiger partial charge in [0.2, 0.25) is 0 Å². The van der Waals surface area contributed by atoms with Crippen molar-refractivity contribution in [2.75, 3.05) is 18.4 Å². The summed E-state index contributed by atoms with van der Waals surface area (Å²) in [6, 6.07) is 3.39. The van der Waals surface area contributed by atoms with E-state index < -0.39 is 0 Å². The van der Waals surface area contributed by atoms with Crippen LogP contribution in [0.2, 0.25) is 0 Å². The summed E-state index contributed by atoms with van der Waals surface area (Å²) in [5.41, 5.74) is 0.341. The van der Waals surface area contributed by atoms with Gasteiger partial charge in [-0.1, -0.05) is 0 Å². The topological polar surface area (TPSA) is 66.9 Å². The number of aromatic nitrogens is 2. The first kappa shape index (κ1) is 10.4. The summed E-state index contributed by atoms with van der Waals surface area (Å²) in [7, 11) is 0. The lowest BCUT2D eigenvalue weighted by atomic mass is 10.3. The summed E-state index contributed by atoms with van der Waals surface area (Å²) in [6.45, 7) is 5.21. The Kier molecular flexibility index (Phi) is 3.84. The number of hydrogen-bond acceptors (Lipinski definition) is 4. The maximum atomic E-state index is 11.3. The number of carbonyl (C=O) groups is 1. The van der Waals surface area contributed by atoms with E-state index in [1.54, 1.807) is 12.1 Å². The zero-order valence-electron chi connectivity index (χ0n) is 8.37. The standard InChI is InChI=1S/C9H14N4O/c1-3-10-8-6-5-7(12-13-8)9(14)11-4-2/h5-6H,3-4H2,1-2H3,(H,10,13)(H,11,14). The van der Waals surface area contributed by atoms with E-state index in [-0.39, 0.29) is 5.91 Å². The average molecular weight is 194 g/mol. The number of rotatable bonds is 4. The Labute approximate surface area is 82.9 Å². The predicted octanol–water partition coefficient (Wildman–Crippen LogP) is 0.658. The molecule has 0 saturated heterocycles. The molecule has 0 radical (unpaired) electrons. The van der Waals surface area contributed by atoms with Crippen LogP contribution in [0, 0.1) is 0 Å². The van der Waals surface area contributed by atoms with Crippen molar-refractivity contribution in [3.63, 3.8) is 0 Å². The van der Waals surface area contributed by atoms with Crippen molar-refractivity contribution in [2.45, 2.75) is 13.8 Å². The normalized spacial score (nSPS) is 9.57. The highest BCUT2D eigenvalue weighted by Crippen LogP contribution is 2.00. The molecule has 1 aromatic rings. The van der Waals surface area contributed by atoms with Crippen LogP contribution in [0.15, 0.2) is 12.1 Å². The fraction of sp³-hybridized carbons (Fsp3) is 0.444. The third kappa shape index (κ3) is 2.69. The Hall–Kier alpha value is -1.65. The van der Waals surface area contributed by atoms with Gasteiger partial charge in [-0.25, -0.2) is 0 Å². The van der Waals surface area contributed by atoms with Crippen LogP contribution in [0.25, 0.3) is 0 Å². The molecule has 1 amide bonds. The fourth-order valence-corrected chi connectivity index (χ4v) is 0.980. The molecule has 0 unspecified atom stereocenters. The number of carbonyl (C=O) groups excluding carboxylic acids is 1. The Balaban J connectivity index is 2.67. The SMILES string of the molecule is CCNC(=O)c1ccc(NCC)nn1. The van der Waals surface area contributed by atoms with Gasteiger partial charge in [0, 0.05) is 13.1 Å². The second-order valence-corrected chi connectivity index (χ2v) is 2.69. The molecule has 14 heavy (non-hydrogen) atoms. The van der Waals surface area contributed by atoms with Crippen LogP contribution >= 0.6 is 0 Å². The summed E-state index contributed by atoms with van der Waals surface area (Å²) in [4.78, 5) is 11.3. The average Bonchev–Trinajstić information content (AvgIpc) is 2.20. The first-order valence-electron chi connectivity index (χ1n) is 4.63. The number of nitrogens with one attached hydrogen (secondary N) is 2. The van der Waals surface area contributed by atoms with E-state index in [4.69, 9.17) is 0 Å². The highest BCUT2D eigenvalue weighted by molar-refractivity contribution is 5.92. The van der Waals surface area contributed by atoms with Crippen molar-refractivity contribution < 1.29 is 4.79 Å². The lowest BCUT2D eigenvalue weighted by molar-refractivity contribution is 0.0950. The molecule has 0 bridgehead atoms. The van der Waals surface area contributed by atoms with E-state index in [1.165, 1.54) is 0 Å². The zero-order chi connectivity index (χ0) is 10.4. The number of nitrogens with zero attached hydrogens (tertiary/aromatic N) is 2. The van der Waals surface area contributed by atoms with Crippen LogP contribution in [0.3, 0.4) is 0 Å². The monoisotopic (exact) mass is 194 g/mol. The largest absolute Gasteiger partial charge is 0.369 e. The Morgan fingerprint density at radius 3 is 2.57 bits per heavy atom. The van der Waals surface area contributed by atoms with Gasteiger partial charge < -0.3 is 10.6 Å². The minimum absolute atomic E-state index is 0.192. The molecule has 0 aliphatic rings. The molecule has 0 aliphatic heterocycles. The smallest absolute Gasteiger partial charge is 0.271 e. The molecule has 1 rings (SSSR count). The van der Waals surface area contributed by atoms with Gasteiger partial charge in [0.15, 0.2) is 5.69 Å². The van der Waals surface area contributed by atoms with Crippen molar-refractivity contribution in [1.29, 1.82) is 0 Å². The second-order valence-electron chi connectivity index (χ2n) is 2.69. The number of anilines is 1. The Morgan fingerprint density at radius 1 is 1.29 bits per heavy atom. The van der Waals surface area contributed by atoms with E-state index in [0.29, 0.717) is 18.1 Å². The van der Waals surface area contributed by atoms with Crippen LogP contribution in [0.5, 0.6) is 0 Å². The maximum absolute atomic E-state index is 11.3. The van der Waals surface area contributed by atoms with E-state index in [9.17, 15) is 4.79 Å². The molecule has 0 atom stereocenters. The van der Waals surface area contributed by atoms with Crippen molar-refractivity contribution in [2.24, 2.45) is 0 Å². The Bertz CT molecular complexity index is 296. The van der Waals surface area contributed by atoms with Gasteiger partial charge in [-0.3, -0.25) is 4.79 Å². The Morgan fingerprint density at radius 2 is 2.07 bits per heavy atom. The number of hydrogen-bond donors (Lipinski definition) is 2. The summed E-state index contributed by atoms with van der Waals surface area (Å²) in [5, 5.41) is 13.3. The first-order chi connectivity index (χ1) is 6.77. The minimum Gasteiger partial charge on any atom is -0.369 e. The fourth-order valence-electron chi connectivity index (χ4n) is 0.980. The molecule has 0 saturated carbocycles. The van der Waals surface area contributed by atoms with E-state index in [1.807, 2.05) is 13.8 Å². The highest BCUT2D eigenvalue weighted by atomic mass is 16.1. The minimum atomic E-state index is -0.192. The molecule has 1 heterocycles. The van der Waals surface area contributed by atoms with E-state index in [0.717, 1.165) is 6.54 Å². The van der Waals surface area contributed by atoms with E-state index >= 15 is 0 Å². The van der Waals surface area contributed by atoms with Gasteiger partial charge >= 0.3 is 0 Å². The van der Waals surface area contributed by atoms with Crippen LogP contribution in [0.1, 0.15) is 24.3 Å². The van der Waals surface area contributed by atoms with Crippen molar-refractivity contribution in [3.8, 4) is 0 Å². The molecule has 0 aromatic carbocycles. The quantitative estimate of drug-likeness (QED) is 0.738. The van der Waals surface area contributed by atoms with Crippen LogP contribution in [-0.2, 0) is 0 Å². The van der Waals surface area contributed by atoms with Gasteiger partial charge in [0.1, 0.15) is 5.82 Å². The second kappa shape index (κ2) is 5.16. The lowest BCUT2D eigenvalue weighted by Gasteiger charge is -2.02. The molecule has 1 aromatic heterocycles. The van der Waals surface area contributed by atoms with Crippen molar-refractivity contribution in [3.05, 3.63) is 17.8 Å². The van der Waals surface area contributed by atoms with Gasteiger partial charge in [-0.15, -0.1) is 10.2 Å². The number of amides is 1. The predicted molar refractivity (Wildman–Crippen MR) is 54.2 cm³/mol. The maximum Gasteiger partial charge on any atom is 0.271 e. The first-order valence-corrected chi connectivity index (χ1v) is 4.63. The van der Waals surface area contributed by atoms with Crippen molar-refractivity contribution in [1.82, 2.24) is 15.5 Å². The molecule has 0 fully saturated rings. The van der Waals surface area contributed by atoms with Crippen molar-refractivity contribution >= 4 is 11.7 Å². The van der Waals surface area contributed by atoms with Crippen LogP contribution < -0.4 is 10.6 Å². The van der Waals surface area contributed by atoms with Gasteiger partial charge in [-0.2, -0.15) is 0 Å². The molecule has 0 spiro atoms.